The van der Waals surface area contributed by atoms with Crippen molar-refractivity contribution in [2.45, 2.75) is 26.4 Å². The Morgan fingerprint density at radius 2 is 1.40 bits per heavy atom. The summed E-state index contributed by atoms with van der Waals surface area (Å²) in [5.74, 6) is 0. The first-order chi connectivity index (χ1) is 14.3. The van der Waals surface area contributed by atoms with E-state index in [-0.39, 0.29) is 6.42 Å². The van der Waals surface area contributed by atoms with E-state index in [4.69, 9.17) is 4.98 Å². The first kappa shape index (κ1) is 18.9. The number of halogens is 3. The van der Waals surface area contributed by atoms with Crippen LogP contribution in [0, 0.1) is 5.41 Å². The summed E-state index contributed by atoms with van der Waals surface area (Å²) in [5.41, 5.74) is -0.297. The quantitative estimate of drug-likeness (QED) is 0.274. The molecule has 1 nitrogen and oxygen atoms in total. The Kier molecular flexibility index (Phi) is 4.04. The number of fused-ring (bicyclic) bond motifs is 7. The van der Waals surface area contributed by atoms with Crippen molar-refractivity contribution in [2.24, 2.45) is 5.41 Å². The second-order valence-corrected chi connectivity index (χ2v) is 8.54. The van der Waals surface area contributed by atoms with E-state index in [1.54, 1.807) is 12.3 Å². The molecule has 0 N–H and O–H groups in total. The lowest BCUT2D eigenvalue weighted by Gasteiger charge is -2.28. The topological polar surface area (TPSA) is 12.9 Å². The molecule has 30 heavy (non-hydrogen) atoms. The highest BCUT2D eigenvalue weighted by atomic mass is 19.4. The van der Waals surface area contributed by atoms with E-state index in [2.05, 4.69) is 30.3 Å². The van der Waals surface area contributed by atoms with Crippen LogP contribution in [0.4, 0.5) is 13.2 Å². The number of alkyl halides is 3. The van der Waals surface area contributed by atoms with Crippen LogP contribution in [0.3, 0.4) is 0 Å². The minimum atomic E-state index is -4.27. The molecule has 4 aromatic carbocycles. The fourth-order valence-corrected chi connectivity index (χ4v) is 4.33. The summed E-state index contributed by atoms with van der Waals surface area (Å²) < 4.78 is 40.7. The van der Waals surface area contributed by atoms with Crippen LogP contribution in [0.25, 0.3) is 43.2 Å². The highest BCUT2D eigenvalue weighted by Gasteiger charge is 2.47. The first-order valence-electron chi connectivity index (χ1n) is 9.94. The molecule has 0 amide bonds. The number of hydrogen-bond acceptors (Lipinski definition) is 1. The van der Waals surface area contributed by atoms with Gasteiger partial charge in [-0.3, -0.25) is 4.98 Å². The van der Waals surface area contributed by atoms with Crippen LogP contribution in [0.1, 0.15) is 19.4 Å². The summed E-state index contributed by atoms with van der Waals surface area (Å²) in [6, 6.07) is 21.9. The molecule has 0 aliphatic heterocycles. The molecule has 1 heterocycles. The van der Waals surface area contributed by atoms with Crippen molar-refractivity contribution < 1.29 is 13.2 Å². The molecule has 0 aliphatic rings. The van der Waals surface area contributed by atoms with Gasteiger partial charge in [0.05, 0.1) is 10.9 Å². The second-order valence-electron chi connectivity index (χ2n) is 8.54. The minimum absolute atomic E-state index is 0.0806. The summed E-state index contributed by atoms with van der Waals surface area (Å²) >= 11 is 0. The molecule has 0 spiro atoms. The highest BCUT2D eigenvalue weighted by Crippen LogP contribution is 2.42. The van der Waals surface area contributed by atoms with Gasteiger partial charge in [0, 0.05) is 22.4 Å². The first-order valence-corrected chi connectivity index (χ1v) is 9.94. The summed E-state index contributed by atoms with van der Waals surface area (Å²) in [7, 11) is 0. The van der Waals surface area contributed by atoms with E-state index < -0.39 is 11.6 Å². The molecule has 4 heteroatoms. The van der Waals surface area contributed by atoms with E-state index in [9.17, 15) is 13.2 Å². The molecule has 0 fully saturated rings. The van der Waals surface area contributed by atoms with Gasteiger partial charge in [0.25, 0.3) is 0 Å². The predicted molar refractivity (Wildman–Crippen MR) is 118 cm³/mol. The van der Waals surface area contributed by atoms with E-state index in [1.165, 1.54) is 13.8 Å². The molecule has 0 bridgehead atoms. The molecular weight excluding hydrogens is 383 g/mol. The lowest BCUT2D eigenvalue weighted by Crippen LogP contribution is -2.34. The molecule has 0 radical (unpaired) electrons. The van der Waals surface area contributed by atoms with Crippen LogP contribution < -0.4 is 0 Å². The summed E-state index contributed by atoms with van der Waals surface area (Å²) in [4.78, 5) is 4.71. The second kappa shape index (κ2) is 6.43. The third kappa shape index (κ3) is 2.82. The third-order valence-electron chi connectivity index (χ3n) is 6.08. The van der Waals surface area contributed by atoms with Crippen LogP contribution in [-0.4, -0.2) is 11.2 Å². The lowest BCUT2D eigenvalue weighted by molar-refractivity contribution is -0.210. The SMILES string of the molecule is CC(C)(Cc1cccc2cnc3c4ccc5ccccc5c4ccc3c12)C(F)(F)F. The average Bonchev–Trinajstić information content (AvgIpc) is 2.72. The van der Waals surface area contributed by atoms with Gasteiger partial charge in [0.1, 0.15) is 0 Å². The Balaban J connectivity index is 1.83. The molecule has 5 rings (SSSR count). The van der Waals surface area contributed by atoms with E-state index in [0.717, 1.165) is 43.2 Å². The van der Waals surface area contributed by atoms with Crippen molar-refractivity contribution >= 4 is 43.2 Å². The van der Waals surface area contributed by atoms with Crippen LogP contribution in [0.5, 0.6) is 0 Å². The molecule has 0 saturated carbocycles. The summed E-state index contributed by atoms with van der Waals surface area (Å²) in [6.45, 7) is 2.52. The summed E-state index contributed by atoms with van der Waals surface area (Å²) in [6.07, 6.45) is -2.58. The van der Waals surface area contributed by atoms with Gasteiger partial charge in [-0.2, -0.15) is 13.2 Å². The smallest absolute Gasteiger partial charge is 0.255 e. The lowest BCUT2D eigenvalue weighted by atomic mass is 9.83. The van der Waals surface area contributed by atoms with Gasteiger partial charge in [-0.15, -0.1) is 0 Å². The molecule has 1 aromatic heterocycles. The maximum atomic E-state index is 13.6. The molecule has 0 aliphatic carbocycles. The van der Waals surface area contributed by atoms with E-state index >= 15 is 0 Å². The Morgan fingerprint density at radius 3 is 2.20 bits per heavy atom. The number of hydrogen-bond donors (Lipinski definition) is 0. The molecular formula is C26H20F3N. The summed E-state index contributed by atoms with van der Waals surface area (Å²) in [5, 5.41) is 7.01. The third-order valence-corrected chi connectivity index (χ3v) is 6.08. The van der Waals surface area contributed by atoms with Crippen molar-refractivity contribution in [1.82, 2.24) is 4.98 Å². The van der Waals surface area contributed by atoms with Crippen molar-refractivity contribution in [3.8, 4) is 0 Å². The Bertz CT molecular complexity index is 1430. The van der Waals surface area contributed by atoms with Gasteiger partial charge in [-0.05, 0) is 33.5 Å². The zero-order valence-electron chi connectivity index (χ0n) is 16.7. The van der Waals surface area contributed by atoms with Crippen LogP contribution in [0.15, 0.2) is 72.9 Å². The van der Waals surface area contributed by atoms with Crippen molar-refractivity contribution in [3.63, 3.8) is 0 Å². The number of aromatic nitrogens is 1. The van der Waals surface area contributed by atoms with Crippen LogP contribution in [-0.2, 0) is 6.42 Å². The van der Waals surface area contributed by atoms with Crippen molar-refractivity contribution in [3.05, 3.63) is 78.5 Å². The molecule has 0 atom stereocenters. The fourth-order valence-electron chi connectivity index (χ4n) is 4.33. The number of pyridine rings is 1. The maximum Gasteiger partial charge on any atom is 0.394 e. The number of nitrogens with zero attached hydrogens (tertiary/aromatic N) is 1. The Morgan fingerprint density at radius 1 is 0.700 bits per heavy atom. The van der Waals surface area contributed by atoms with Gasteiger partial charge in [0.2, 0.25) is 0 Å². The number of benzene rings is 4. The Hall–Kier alpha value is -3.14. The maximum absolute atomic E-state index is 13.6. The fraction of sp³-hybridized carbons (Fsp3) is 0.192. The zero-order chi connectivity index (χ0) is 21.1. The van der Waals surface area contributed by atoms with E-state index in [0.29, 0.717) is 5.56 Å². The van der Waals surface area contributed by atoms with Crippen LogP contribution in [0.2, 0.25) is 0 Å². The average molecular weight is 403 g/mol. The standard InChI is InChI=1S/C26H20F3N/c1-25(2,26(27,28)29)14-17-7-5-8-18-15-30-24-21-11-10-16-6-3-4-9-19(16)20(21)12-13-22(24)23(17)18/h3-13,15H,14H2,1-2H3. The zero-order valence-corrected chi connectivity index (χ0v) is 16.7. The largest absolute Gasteiger partial charge is 0.394 e. The molecule has 0 unspecified atom stereocenters. The molecule has 150 valence electrons. The molecule has 5 aromatic rings. The predicted octanol–water partition coefficient (Wildman–Crippen LogP) is 7.83. The molecule has 0 saturated heterocycles. The van der Waals surface area contributed by atoms with Gasteiger partial charge in [-0.25, -0.2) is 0 Å². The van der Waals surface area contributed by atoms with Crippen molar-refractivity contribution in [1.29, 1.82) is 0 Å². The highest BCUT2D eigenvalue weighted by molar-refractivity contribution is 6.20. The number of rotatable bonds is 2. The Labute approximate surface area is 172 Å². The van der Waals surface area contributed by atoms with Crippen molar-refractivity contribution in [2.75, 3.05) is 0 Å². The van der Waals surface area contributed by atoms with Gasteiger partial charge in [-0.1, -0.05) is 80.6 Å². The van der Waals surface area contributed by atoms with Crippen LogP contribution >= 0.6 is 0 Å². The van der Waals surface area contributed by atoms with Gasteiger partial charge >= 0.3 is 6.18 Å². The normalized spacial score (nSPS) is 13.0. The monoisotopic (exact) mass is 403 g/mol. The van der Waals surface area contributed by atoms with Gasteiger partial charge in [0.15, 0.2) is 0 Å². The van der Waals surface area contributed by atoms with E-state index in [1.807, 2.05) is 30.3 Å². The van der Waals surface area contributed by atoms with Gasteiger partial charge < -0.3 is 0 Å². The minimum Gasteiger partial charge on any atom is -0.255 e.